The number of carbonyl (C=O) groups excluding carboxylic acids is 2. The van der Waals surface area contributed by atoms with Crippen molar-refractivity contribution in [3.8, 4) is 11.5 Å². The SMILES string of the molecule is CCC(C)NC(=O)C(C)N(Cc1cccc(C)c1)C(=O)CN(c1ccc(OC)cc1OC)S(C)(=O)=O. The van der Waals surface area contributed by atoms with Crippen molar-refractivity contribution in [2.45, 2.75) is 52.7 Å². The normalized spacial score (nSPS) is 12.9. The number of anilines is 1. The van der Waals surface area contributed by atoms with E-state index in [0.29, 0.717) is 5.75 Å². The molecule has 2 aromatic rings. The molecular weight excluding hydrogens is 482 g/mol. The van der Waals surface area contributed by atoms with Crippen molar-refractivity contribution in [2.75, 3.05) is 31.3 Å². The number of benzene rings is 2. The smallest absolute Gasteiger partial charge is 0.244 e. The van der Waals surface area contributed by atoms with Gasteiger partial charge in [-0.1, -0.05) is 36.8 Å². The van der Waals surface area contributed by atoms with Gasteiger partial charge < -0.3 is 19.7 Å². The number of sulfonamides is 1. The van der Waals surface area contributed by atoms with Crippen molar-refractivity contribution in [3.05, 3.63) is 53.6 Å². The highest BCUT2D eigenvalue weighted by atomic mass is 32.2. The van der Waals surface area contributed by atoms with Crippen LogP contribution < -0.4 is 19.1 Å². The lowest BCUT2D eigenvalue weighted by atomic mass is 10.1. The summed E-state index contributed by atoms with van der Waals surface area (Å²) in [7, 11) is -0.987. The third-order valence-corrected chi connectivity index (χ3v) is 7.06. The number of hydrogen-bond donors (Lipinski definition) is 1. The van der Waals surface area contributed by atoms with Gasteiger partial charge >= 0.3 is 0 Å². The average Bonchev–Trinajstić information content (AvgIpc) is 2.84. The Morgan fingerprint density at radius 3 is 2.31 bits per heavy atom. The van der Waals surface area contributed by atoms with Crippen molar-refractivity contribution >= 4 is 27.5 Å². The molecule has 2 atom stereocenters. The van der Waals surface area contributed by atoms with Crippen LogP contribution in [0, 0.1) is 6.92 Å². The molecule has 0 radical (unpaired) electrons. The van der Waals surface area contributed by atoms with E-state index in [1.54, 1.807) is 19.1 Å². The van der Waals surface area contributed by atoms with Gasteiger partial charge in [0.25, 0.3) is 0 Å². The van der Waals surface area contributed by atoms with E-state index in [1.165, 1.54) is 25.2 Å². The lowest BCUT2D eigenvalue weighted by Gasteiger charge is -2.32. The van der Waals surface area contributed by atoms with E-state index in [-0.39, 0.29) is 29.9 Å². The molecule has 10 heteroatoms. The first-order valence-corrected chi connectivity index (χ1v) is 13.6. The van der Waals surface area contributed by atoms with Crippen LogP contribution >= 0.6 is 0 Å². The summed E-state index contributed by atoms with van der Waals surface area (Å²) in [4.78, 5) is 28.0. The summed E-state index contributed by atoms with van der Waals surface area (Å²) in [5, 5.41) is 2.91. The number of amides is 2. The van der Waals surface area contributed by atoms with E-state index in [4.69, 9.17) is 9.47 Å². The summed E-state index contributed by atoms with van der Waals surface area (Å²) in [6, 6.07) is 11.4. The fraction of sp³-hybridized carbons (Fsp3) is 0.462. The van der Waals surface area contributed by atoms with E-state index < -0.39 is 28.5 Å². The molecule has 0 bridgehead atoms. The molecule has 2 rings (SSSR count). The summed E-state index contributed by atoms with van der Waals surface area (Å²) in [5.74, 6) is -0.114. The van der Waals surface area contributed by atoms with Crippen LogP contribution in [0.15, 0.2) is 42.5 Å². The Morgan fingerprint density at radius 1 is 1.06 bits per heavy atom. The highest BCUT2D eigenvalue weighted by Crippen LogP contribution is 2.33. The fourth-order valence-electron chi connectivity index (χ4n) is 3.64. The van der Waals surface area contributed by atoms with E-state index in [2.05, 4.69) is 5.32 Å². The Hall–Kier alpha value is -3.27. The van der Waals surface area contributed by atoms with Crippen molar-refractivity contribution in [2.24, 2.45) is 0 Å². The zero-order valence-electron chi connectivity index (χ0n) is 22.1. The van der Waals surface area contributed by atoms with Crippen LogP contribution in [0.3, 0.4) is 0 Å². The second-order valence-electron chi connectivity index (χ2n) is 8.81. The van der Waals surface area contributed by atoms with E-state index >= 15 is 0 Å². The molecule has 0 aliphatic heterocycles. The first-order chi connectivity index (χ1) is 16.9. The van der Waals surface area contributed by atoms with Gasteiger partial charge in [0.15, 0.2) is 0 Å². The predicted octanol–water partition coefficient (Wildman–Crippen LogP) is 3.11. The summed E-state index contributed by atoms with van der Waals surface area (Å²) in [6.07, 6.45) is 1.76. The minimum absolute atomic E-state index is 0.0630. The van der Waals surface area contributed by atoms with E-state index in [0.717, 1.165) is 28.1 Å². The summed E-state index contributed by atoms with van der Waals surface area (Å²) in [6.45, 7) is 7.07. The van der Waals surface area contributed by atoms with Gasteiger partial charge in [0.2, 0.25) is 21.8 Å². The molecule has 198 valence electrons. The van der Waals surface area contributed by atoms with Gasteiger partial charge in [-0.15, -0.1) is 0 Å². The maximum Gasteiger partial charge on any atom is 0.244 e. The number of hydrogen-bond acceptors (Lipinski definition) is 6. The van der Waals surface area contributed by atoms with Gasteiger partial charge in [-0.2, -0.15) is 0 Å². The van der Waals surface area contributed by atoms with Crippen LogP contribution in [0.4, 0.5) is 5.69 Å². The number of methoxy groups -OCH3 is 2. The molecule has 0 fully saturated rings. The maximum atomic E-state index is 13.7. The highest BCUT2D eigenvalue weighted by Gasteiger charge is 2.31. The van der Waals surface area contributed by atoms with E-state index in [1.807, 2.05) is 45.0 Å². The topological polar surface area (TPSA) is 105 Å². The first-order valence-electron chi connectivity index (χ1n) is 11.8. The molecule has 0 heterocycles. The van der Waals surface area contributed by atoms with Gasteiger partial charge in [-0.25, -0.2) is 8.42 Å². The monoisotopic (exact) mass is 519 g/mol. The number of rotatable bonds is 12. The molecule has 0 aliphatic rings. The van der Waals surface area contributed by atoms with E-state index in [9.17, 15) is 18.0 Å². The van der Waals surface area contributed by atoms with Crippen LogP contribution in [0.5, 0.6) is 11.5 Å². The van der Waals surface area contributed by atoms with Gasteiger partial charge in [-0.05, 0) is 44.9 Å². The molecule has 2 aromatic carbocycles. The quantitative estimate of drug-likeness (QED) is 0.462. The Balaban J connectivity index is 2.46. The van der Waals surface area contributed by atoms with Crippen LogP contribution in [0.25, 0.3) is 0 Å². The van der Waals surface area contributed by atoms with Gasteiger partial charge in [0, 0.05) is 18.7 Å². The van der Waals surface area contributed by atoms with Crippen molar-refractivity contribution in [3.63, 3.8) is 0 Å². The minimum atomic E-state index is -3.88. The molecule has 0 aliphatic carbocycles. The van der Waals surface area contributed by atoms with Gasteiger partial charge in [0.1, 0.15) is 24.1 Å². The Kier molecular flexibility index (Phi) is 10.2. The summed E-state index contributed by atoms with van der Waals surface area (Å²) in [5.41, 5.74) is 2.04. The Bertz CT molecular complexity index is 1170. The second-order valence-corrected chi connectivity index (χ2v) is 10.7. The van der Waals surface area contributed by atoms with Crippen LogP contribution in [0.1, 0.15) is 38.3 Å². The van der Waals surface area contributed by atoms with Gasteiger partial charge in [-0.3, -0.25) is 13.9 Å². The Labute approximate surface area is 214 Å². The van der Waals surface area contributed by atoms with Crippen LogP contribution in [-0.4, -0.2) is 64.2 Å². The first kappa shape index (κ1) is 29.0. The van der Waals surface area contributed by atoms with Crippen LogP contribution in [-0.2, 0) is 26.2 Å². The molecule has 2 unspecified atom stereocenters. The Morgan fingerprint density at radius 2 is 1.75 bits per heavy atom. The molecular formula is C26H37N3O6S. The average molecular weight is 520 g/mol. The molecule has 0 saturated heterocycles. The number of carbonyl (C=O) groups is 2. The third kappa shape index (κ3) is 7.61. The molecule has 9 nitrogen and oxygen atoms in total. The lowest BCUT2D eigenvalue weighted by molar-refractivity contribution is -0.139. The van der Waals surface area contributed by atoms with Gasteiger partial charge in [0.05, 0.1) is 26.2 Å². The zero-order chi connectivity index (χ0) is 27.0. The number of ether oxygens (including phenoxy) is 2. The zero-order valence-corrected chi connectivity index (χ0v) is 22.9. The second kappa shape index (κ2) is 12.6. The largest absolute Gasteiger partial charge is 0.497 e. The predicted molar refractivity (Wildman–Crippen MR) is 141 cm³/mol. The van der Waals surface area contributed by atoms with Crippen molar-refractivity contribution in [1.82, 2.24) is 10.2 Å². The van der Waals surface area contributed by atoms with Crippen LogP contribution in [0.2, 0.25) is 0 Å². The molecule has 0 saturated carbocycles. The lowest BCUT2D eigenvalue weighted by Crippen LogP contribution is -2.52. The van der Waals surface area contributed by atoms with Crippen molar-refractivity contribution < 1.29 is 27.5 Å². The summed E-state index contributed by atoms with van der Waals surface area (Å²) >= 11 is 0. The molecule has 0 aromatic heterocycles. The summed E-state index contributed by atoms with van der Waals surface area (Å²) < 4.78 is 37.2. The number of aryl methyl sites for hydroxylation is 1. The number of nitrogens with zero attached hydrogens (tertiary/aromatic N) is 2. The highest BCUT2D eigenvalue weighted by molar-refractivity contribution is 7.92. The standard InChI is InChI=1S/C26H37N3O6S/c1-8-19(3)27-26(31)20(4)28(16-21-11-9-10-18(2)14-21)25(30)17-29(36(7,32)33)23-13-12-22(34-5)15-24(23)35-6/h9-15,19-20H,8,16-17H2,1-7H3,(H,27,31). The van der Waals surface area contributed by atoms with Crippen molar-refractivity contribution in [1.29, 1.82) is 0 Å². The maximum absolute atomic E-state index is 13.7. The molecule has 2 amide bonds. The molecule has 1 N–H and O–H groups in total. The minimum Gasteiger partial charge on any atom is -0.497 e. The molecule has 36 heavy (non-hydrogen) atoms. The fourth-order valence-corrected chi connectivity index (χ4v) is 4.49. The number of nitrogens with one attached hydrogen (secondary N) is 1. The molecule has 0 spiro atoms. The third-order valence-electron chi connectivity index (χ3n) is 5.94.